The molecule has 1 rings (SSSR count). The predicted octanol–water partition coefficient (Wildman–Crippen LogP) is 3.67. The summed E-state index contributed by atoms with van der Waals surface area (Å²) in [6, 6.07) is 2.72. The average molecular weight is 246 g/mol. The molecule has 2 nitrogen and oxygen atoms in total. The molecule has 82 valence electrons. The second-order valence-corrected chi connectivity index (χ2v) is 4.14. The van der Waals surface area contributed by atoms with Crippen LogP contribution in [0, 0.1) is 0 Å². The van der Waals surface area contributed by atoms with Crippen LogP contribution in [0.15, 0.2) is 24.8 Å². The summed E-state index contributed by atoms with van der Waals surface area (Å²) in [6.45, 7) is 3.61. The lowest BCUT2D eigenvalue weighted by Gasteiger charge is -2.14. The van der Waals surface area contributed by atoms with Crippen LogP contribution in [0.2, 0.25) is 10.0 Å². The number of allylic oxidation sites excluding steroid dienone is 1. The van der Waals surface area contributed by atoms with Gasteiger partial charge in [-0.15, -0.1) is 6.58 Å². The highest BCUT2D eigenvalue weighted by Crippen LogP contribution is 2.35. The maximum Gasteiger partial charge on any atom is 0.123 e. The molecule has 15 heavy (non-hydrogen) atoms. The van der Waals surface area contributed by atoms with Gasteiger partial charge >= 0.3 is 0 Å². The minimum absolute atomic E-state index is 0.0454. The highest BCUT2D eigenvalue weighted by Gasteiger charge is 2.15. The van der Waals surface area contributed by atoms with Crippen molar-refractivity contribution in [3.63, 3.8) is 0 Å². The topological polar surface area (TPSA) is 46.2 Å². The molecule has 0 aromatic heterocycles. The number of hydrogen-bond acceptors (Lipinski definition) is 2. The number of nitrogens with two attached hydrogens (primary N) is 1. The molecular weight excluding hydrogens is 233 g/mol. The van der Waals surface area contributed by atoms with Crippen molar-refractivity contribution < 1.29 is 5.11 Å². The molecule has 1 aromatic carbocycles. The highest BCUT2D eigenvalue weighted by atomic mass is 35.5. The minimum atomic E-state index is -0.298. The number of aromatic hydroxyl groups is 1. The zero-order chi connectivity index (χ0) is 11.4. The van der Waals surface area contributed by atoms with Gasteiger partial charge in [0.1, 0.15) is 5.75 Å². The standard InChI is InChI=1S/C11H13Cl2NO/c1-2-3-4-9(14)11-8(13)5-7(12)6-10(11)15/h2,5-6,9,15H,1,3-4,14H2/t9-/m0/s1. The minimum Gasteiger partial charge on any atom is -0.508 e. The van der Waals surface area contributed by atoms with Crippen molar-refractivity contribution in [2.24, 2.45) is 5.73 Å². The molecule has 0 spiro atoms. The molecule has 0 amide bonds. The maximum absolute atomic E-state index is 9.67. The molecule has 0 radical (unpaired) electrons. The Morgan fingerprint density at radius 1 is 1.47 bits per heavy atom. The third-order valence-electron chi connectivity index (χ3n) is 2.13. The summed E-state index contributed by atoms with van der Waals surface area (Å²) in [5.74, 6) is 0.0454. The van der Waals surface area contributed by atoms with Crippen molar-refractivity contribution in [2.45, 2.75) is 18.9 Å². The first-order chi connectivity index (χ1) is 7.06. The van der Waals surface area contributed by atoms with E-state index >= 15 is 0 Å². The summed E-state index contributed by atoms with van der Waals surface area (Å²) in [4.78, 5) is 0. The van der Waals surface area contributed by atoms with Crippen LogP contribution in [0.1, 0.15) is 24.4 Å². The summed E-state index contributed by atoms with van der Waals surface area (Å²) in [7, 11) is 0. The van der Waals surface area contributed by atoms with Gasteiger partial charge in [-0.2, -0.15) is 0 Å². The summed E-state index contributed by atoms with van der Waals surface area (Å²) in [5.41, 5.74) is 6.44. The predicted molar refractivity (Wildman–Crippen MR) is 64.5 cm³/mol. The van der Waals surface area contributed by atoms with Crippen LogP contribution >= 0.6 is 23.2 Å². The Kier molecular flexibility index (Phi) is 4.45. The molecule has 0 saturated carbocycles. The van der Waals surface area contributed by atoms with Gasteiger partial charge in [0.05, 0.1) is 5.02 Å². The van der Waals surface area contributed by atoms with E-state index in [2.05, 4.69) is 6.58 Å². The number of phenolic OH excluding ortho intramolecular Hbond substituents is 1. The van der Waals surface area contributed by atoms with Gasteiger partial charge in [-0.25, -0.2) is 0 Å². The van der Waals surface area contributed by atoms with Gasteiger partial charge in [-0.3, -0.25) is 0 Å². The van der Waals surface area contributed by atoms with E-state index in [1.807, 2.05) is 0 Å². The van der Waals surface area contributed by atoms with Crippen LogP contribution in [0.5, 0.6) is 5.75 Å². The molecule has 0 unspecified atom stereocenters. The molecule has 0 bridgehead atoms. The van der Waals surface area contributed by atoms with Crippen LogP contribution in [-0.2, 0) is 0 Å². The van der Waals surface area contributed by atoms with E-state index in [0.717, 1.165) is 6.42 Å². The first kappa shape index (κ1) is 12.4. The van der Waals surface area contributed by atoms with E-state index in [9.17, 15) is 5.11 Å². The quantitative estimate of drug-likeness (QED) is 0.796. The highest BCUT2D eigenvalue weighted by molar-refractivity contribution is 6.35. The fraction of sp³-hybridized carbons (Fsp3) is 0.273. The van der Waals surface area contributed by atoms with Crippen molar-refractivity contribution in [1.82, 2.24) is 0 Å². The van der Waals surface area contributed by atoms with Gasteiger partial charge in [0.25, 0.3) is 0 Å². The van der Waals surface area contributed by atoms with Crippen molar-refractivity contribution in [1.29, 1.82) is 0 Å². The molecular formula is C11H13Cl2NO. The maximum atomic E-state index is 9.67. The Balaban J connectivity index is 2.97. The van der Waals surface area contributed by atoms with Gasteiger partial charge < -0.3 is 10.8 Å². The van der Waals surface area contributed by atoms with Gasteiger partial charge in [-0.1, -0.05) is 29.3 Å². The summed E-state index contributed by atoms with van der Waals surface area (Å²) < 4.78 is 0. The zero-order valence-corrected chi connectivity index (χ0v) is 9.72. The molecule has 0 saturated heterocycles. The lowest BCUT2D eigenvalue weighted by molar-refractivity contribution is 0.459. The van der Waals surface area contributed by atoms with Crippen molar-refractivity contribution in [3.8, 4) is 5.75 Å². The average Bonchev–Trinajstić information content (AvgIpc) is 2.12. The summed E-state index contributed by atoms with van der Waals surface area (Å²) in [5, 5.41) is 10.5. The first-order valence-electron chi connectivity index (χ1n) is 4.60. The van der Waals surface area contributed by atoms with Gasteiger partial charge in [0.15, 0.2) is 0 Å². The summed E-state index contributed by atoms with van der Waals surface area (Å²) >= 11 is 11.7. The lowest BCUT2D eigenvalue weighted by Crippen LogP contribution is -2.10. The third-order valence-corrected chi connectivity index (χ3v) is 2.66. The van der Waals surface area contributed by atoms with E-state index in [0.29, 0.717) is 22.0 Å². The molecule has 3 N–H and O–H groups in total. The largest absolute Gasteiger partial charge is 0.508 e. The van der Waals surface area contributed by atoms with Gasteiger partial charge in [0.2, 0.25) is 0 Å². The fourth-order valence-corrected chi connectivity index (χ4v) is 2.00. The Hall–Kier alpha value is -0.700. The second-order valence-electron chi connectivity index (χ2n) is 3.29. The Labute approximate surface area is 99.3 Å². The van der Waals surface area contributed by atoms with Gasteiger partial charge in [0, 0.05) is 16.6 Å². The molecule has 0 aliphatic rings. The smallest absolute Gasteiger partial charge is 0.123 e. The number of halogens is 2. The number of benzene rings is 1. The lowest BCUT2D eigenvalue weighted by atomic mass is 10.0. The number of phenols is 1. The third kappa shape index (κ3) is 3.13. The monoisotopic (exact) mass is 245 g/mol. The number of rotatable bonds is 4. The Morgan fingerprint density at radius 2 is 2.13 bits per heavy atom. The molecule has 0 aliphatic carbocycles. The molecule has 1 atom stereocenters. The molecule has 0 aliphatic heterocycles. The Morgan fingerprint density at radius 3 is 2.67 bits per heavy atom. The fourth-order valence-electron chi connectivity index (χ4n) is 1.38. The number of hydrogen-bond donors (Lipinski definition) is 2. The van der Waals surface area contributed by atoms with E-state index in [4.69, 9.17) is 28.9 Å². The normalized spacial score (nSPS) is 12.5. The van der Waals surface area contributed by atoms with Crippen LogP contribution in [0.25, 0.3) is 0 Å². The van der Waals surface area contributed by atoms with Gasteiger partial charge in [-0.05, 0) is 25.0 Å². The molecule has 0 fully saturated rings. The van der Waals surface area contributed by atoms with Crippen molar-refractivity contribution in [2.75, 3.05) is 0 Å². The zero-order valence-electron chi connectivity index (χ0n) is 8.21. The van der Waals surface area contributed by atoms with E-state index in [1.54, 1.807) is 12.1 Å². The van der Waals surface area contributed by atoms with Crippen LogP contribution in [0.4, 0.5) is 0 Å². The van der Waals surface area contributed by atoms with E-state index in [-0.39, 0.29) is 11.8 Å². The van der Waals surface area contributed by atoms with Crippen molar-refractivity contribution >= 4 is 23.2 Å². The summed E-state index contributed by atoms with van der Waals surface area (Å²) in [6.07, 6.45) is 3.25. The van der Waals surface area contributed by atoms with Crippen LogP contribution < -0.4 is 5.73 Å². The molecule has 4 heteroatoms. The molecule has 1 aromatic rings. The second kappa shape index (κ2) is 5.40. The van der Waals surface area contributed by atoms with Crippen molar-refractivity contribution in [3.05, 3.63) is 40.4 Å². The SMILES string of the molecule is C=CCC[C@H](N)c1c(O)cc(Cl)cc1Cl. The Bertz CT molecular complexity index is 343. The van der Waals surface area contributed by atoms with Crippen LogP contribution in [-0.4, -0.2) is 5.11 Å². The van der Waals surface area contributed by atoms with Crippen LogP contribution in [0.3, 0.4) is 0 Å². The van der Waals surface area contributed by atoms with E-state index < -0.39 is 0 Å². The van der Waals surface area contributed by atoms with E-state index in [1.165, 1.54) is 6.07 Å². The molecule has 0 heterocycles. The first-order valence-corrected chi connectivity index (χ1v) is 5.36.